The van der Waals surface area contributed by atoms with E-state index in [0.29, 0.717) is 0 Å². The molecule has 16 aromatic rings. The van der Waals surface area contributed by atoms with Gasteiger partial charge in [0, 0.05) is 83.6 Å². The molecule has 0 spiro atoms. The summed E-state index contributed by atoms with van der Waals surface area (Å²) in [4.78, 5) is 5.37. The standard InChI is InChI=1S/C86H65BN4O/c1-5-6-26-58-47-70-67-37-20-25-42-82(67)92-83(70)54-77(58)90-78-52-61(88-73-38-21-16-33-63(73)64-34-17-22-39-74(64)88)43-45-71(78)87-72-46-44-62(89-75-40-23-18-35-65(75)66-36-19-24-41-76(66)89)53-79(72)91(81-51-60(86(2,3)4)50-80(90)84(81)87)85-68(56-29-12-8-13-30-56)48-59(55-27-10-7-11-28-55)49-69(85)57-31-14-9-15-32-57/h7-25,27-54H,5-6,26H2,1-4H3. The second kappa shape index (κ2) is 21.0. The minimum Gasteiger partial charge on any atom is -0.456 e. The van der Waals surface area contributed by atoms with Crippen molar-refractivity contribution in [1.82, 2.24) is 9.13 Å². The van der Waals surface area contributed by atoms with E-state index in [1.807, 2.05) is 0 Å². The Bertz CT molecular complexity index is 5470. The summed E-state index contributed by atoms with van der Waals surface area (Å²) in [6.07, 6.45) is 3.01. The summed E-state index contributed by atoms with van der Waals surface area (Å²) < 4.78 is 12.0. The molecule has 0 amide bonds. The molecule has 13 aromatic carbocycles. The van der Waals surface area contributed by atoms with Gasteiger partial charge in [-0.2, -0.15) is 0 Å². The number of anilines is 6. The molecule has 92 heavy (non-hydrogen) atoms. The molecule has 0 atom stereocenters. The average Bonchev–Trinajstić information content (AvgIpc) is 0.853. The Hall–Kier alpha value is -11.1. The molecule has 5 heterocycles. The van der Waals surface area contributed by atoms with Crippen LogP contribution in [0.15, 0.2) is 290 Å². The van der Waals surface area contributed by atoms with E-state index < -0.39 is 0 Å². The molecule has 2 aliphatic heterocycles. The smallest absolute Gasteiger partial charge is 0.252 e. The van der Waals surface area contributed by atoms with E-state index in [1.54, 1.807) is 0 Å². The van der Waals surface area contributed by atoms with Crippen molar-refractivity contribution in [2.45, 2.75) is 52.4 Å². The maximum atomic E-state index is 6.98. The molecule has 0 bridgehead atoms. The van der Waals surface area contributed by atoms with Crippen LogP contribution in [0, 0.1) is 0 Å². The van der Waals surface area contributed by atoms with Crippen molar-refractivity contribution in [3.63, 3.8) is 0 Å². The van der Waals surface area contributed by atoms with Gasteiger partial charge in [0.15, 0.2) is 0 Å². The van der Waals surface area contributed by atoms with E-state index in [-0.39, 0.29) is 12.1 Å². The summed E-state index contributed by atoms with van der Waals surface area (Å²) in [5.74, 6) is 0. The molecule has 18 rings (SSSR count). The van der Waals surface area contributed by atoms with Crippen molar-refractivity contribution >= 4 is 123 Å². The molecule has 0 aliphatic carbocycles. The van der Waals surface area contributed by atoms with Crippen LogP contribution in [0.4, 0.5) is 34.1 Å². The SMILES string of the molecule is CCCCc1cc2c(cc1N1c3cc(-n4c5ccccc5c5ccccc54)ccc3B3c4ccc(-n5c6ccccc6c6ccccc65)cc4N(c4c(-c5ccccc5)cc(-c5ccccc5)cc4-c4ccccc4)c4cc(C(C)(C)C)cc1c43)oc1ccccc12. The van der Waals surface area contributed by atoms with Crippen LogP contribution in [-0.2, 0) is 11.8 Å². The first kappa shape index (κ1) is 53.9. The third kappa shape index (κ3) is 8.33. The molecule has 0 N–H and O–H groups in total. The van der Waals surface area contributed by atoms with Crippen molar-refractivity contribution in [2.75, 3.05) is 9.80 Å². The predicted octanol–water partition coefficient (Wildman–Crippen LogP) is 21.5. The molecular weight excluding hydrogens is 1120 g/mol. The zero-order chi connectivity index (χ0) is 61.3. The molecule has 2 aliphatic rings. The third-order valence-corrected chi connectivity index (χ3v) is 19.8. The molecule has 0 unspecified atom stereocenters. The normalized spacial score (nSPS) is 12.8. The van der Waals surface area contributed by atoms with E-state index in [1.165, 1.54) is 82.4 Å². The second-order valence-corrected chi connectivity index (χ2v) is 26.2. The number of nitrogens with zero attached hydrogens (tertiary/aromatic N) is 4. The van der Waals surface area contributed by atoms with Crippen LogP contribution in [0.3, 0.4) is 0 Å². The Morgan fingerprint density at radius 3 is 1.30 bits per heavy atom. The summed E-state index contributed by atoms with van der Waals surface area (Å²) in [7, 11) is 0. The molecule has 3 aromatic heterocycles. The van der Waals surface area contributed by atoms with Gasteiger partial charge in [-0.15, -0.1) is 0 Å². The van der Waals surface area contributed by atoms with Crippen LogP contribution in [0.5, 0.6) is 0 Å². The number of benzene rings is 13. The minimum absolute atomic E-state index is 0.191. The Labute approximate surface area is 536 Å². The van der Waals surface area contributed by atoms with Crippen molar-refractivity contribution < 1.29 is 4.42 Å². The van der Waals surface area contributed by atoms with Gasteiger partial charge in [0.2, 0.25) is 0 Å². The van der Waals surface area contributed by atoms with Crippen molar-refractivity contribution in [2.24, 2.45) is 0 Å². The zero-order valence-corrected chi connectivity index (χ0v) is 52.0. The van der Waals surface area contributed by atoms with Crippen molar-refractivity contribution in [3.8, 4) is 44.8 Å². The van der Waals surface area contributed by atoms with Crippen LogP contribution in [0.25, 0.3) is 110 Å². The Balaban J connectivity index is 1.01. The first-order valence-electron chi connectivity index (χ1n) is 32.6. The summed E-state index contributed by atoms with van der Waals surface area (Å²) in [6, 6.07) is 107. The summed E-state index contributed by atoms with van der Waals surface area (Å²) >= 11 is 0. The quantitative estimate of drug-likeness (QED) is 0.128. The van der Waals surface area contributed by atoms with Gasteiger partial charge in [0.25, 0.3) is 6.71 Å². The topological polar surface area (TPSA) is 29.5 Å². The third-order valence-electron chi connectivity index (χ3n) is 19.8. The Morgan fingerprint density at radius 2 is 0.804 bits per heavy atom. The van der Waals surface area contributed by atoms with Gasteiger partial charge >= 0.3 is 0 Å². The maximum Gasteiger partial charge on any atom is 0.252 e. The van der Waals surface area contributed by atoms with Gasteiger partial charge in [-0.1, -0.05) is 228 Å². The lowest BCUT2D eigenvalue weighted by atomic mass is 9.33. The van der Waals surface area contributed by atoms with Gasteiger partial charge in [-0.25, -0.2) is 0 Å². The fourth-order valence-electron chi connectivity index (χ4n) is 15.5. The number of aromatic nitrogens is 2. The van der Waals surface area contributed by atoms with Crippen molar-refractivity contribution in [1.29, 1.82) is 0 Å². The number of hydrogen-bond donors (Lipinski definition) is 0. The lowest BCUT2D eigenvalue weighted by molar-refractivity contribution is 0.590. The summed E-state index contributed by atoms with van der Waals surface area (Å²) in [5, 5.41) is 7.23. The highest BCUT2D eigenvalue weighted by atomic mass is 16.3. The van der Waals surface area contributed by atoms with Gasteiger partial charge in [0.1, 0.15) is 11.2 Å². The lowest BCUT2D eigenvalue weighted by Gasteiger charge is -2.46. The number of aryl methyl sites for hydroxylation is 1. The molecule has 0 saturated carbocycles. The lowest BCUT2D eigenvalue weighted by Crippen LogP contribution is -2.61. The van der Waals surface area contributed by atoms with Crippen LogP contribution >= 0.6 is 0 Å². The number of furan rings is 1. The van der Waals surface area contributed by atoms with E-state index in [4.69, 9.17) is 4.42 Å². The van der Waals surface area contributed by atoms with Crippen LogP contribution in [0.2, 0.25) is 0 Å². The molecule has 0 saturated heterocycles. The van der Waals surface area contributed by atoms with Crippen LogP contribution in [-0.4, -0.2) is 15.8 Å². The number of rotatable bonds is 10. The molecule has 438 valence electrons. The monoisotopic (exact) mass is 1180 g/mol. The molecule has 5 nitrogen and oxygen atoms in total. The van der Waals surface area contributed by atoms with Gasteiger partial charge < -0.3 is 23.4 Å². The molecule has 0 fully saturated rings. The van der Waals surface area contributed by atoms with Gasteiger partial charge in [-0.3, -0.25) is 0 Å². The first-order valence-corrected chi connectivity index (χ1v) is 32.6. The fourth-order valence-corrected chi connectivity index (χ4v) is 15.5. The van der Waals surface area contributed by atoms with Crippen LogP contribution < -0.4 is 26.2 Å². The zero-order valence-electron chi connectivity index (χ0n) is 52.0. The largest absolute Gasteiger partial charge is 0.456 e. The predicted molar refractivity (Wildman–Crippen MR) is 390 cm³/mol. The Kier molecular flexibility index (Phi) is 12.3. The average molecular weight is 1180 g/mol. The Morgan fingerprint density at radius 1 is 0.359 bits per heavy atom. The first-order chi connectivity index (χ1) is 45.3. The van der Waals surface area contributed by atoms with Crippen LogP contribution in [0.1, 0.15) is 51.7 Å². The molecular formula is C86H65BN4O. The number of para-hydroxylation sites is 5. The minimum atomic E-state index is -0.288. The van der Waals surface area contributed by atoms with E-state index in [9.17, 15) is 0 Å². The molecule has 0 radical (unpaired) electrons. The highest BCUT2D eigenvalue weighted by Crippen LogP contribution is 2.54. The van der Waals surface area contributed by atoms with E-state index in [2.05, 4.69) is 332 Å². The maximum absolute atomic E-state index is 6.98. The summed E-state index contributed by atoms with van der Waals surface area (Å²) in [6.45, 7) is 9.27. The second-order valence-electron chi connectivity index (χ2n) is 26.2. The number of fused-ring (bicyclic) bond motifs is 13. The van der Waals surface area contributed by atoms with E-state index >= 15 is 0 Å². The summed E-state index contributed by atoms with van der Waals surface area (Å²) in [5.41, 5.74) is 28.5. The molecule has 6 heteroatoms. The number of unbranched alkanes of at least 4 members (excludes halogenated alkanes) is 1. The van der Waals surface area contributed by atoms with Gasteiger partial charge in [-0.05, 0) is 153 Å². The van der Waals surface area contributed by atoms with Gasteiger partial charge in [0.05, 0.1) is 33.4 Å². The highest BCUT2D eigenvalue weighted by molar-refractivity contribution is 7.00. The fraction of sp³-hybridized carbons (Fsp3) is 0.0930. The van der Waals surface area contributed by atoms with E-state index in [0.717, 1.165) is 109 Å². The van der Waals surface area contributed by atoms with Crippen molar-refractivity contribution in [3.05, 3.63) is 296 Å². The highest BCUT2D eigenvalue weighted by Gasteiger charge is 2.46. The number of hydrogen-bond acceptors (Lipinski definition) is 3.